The van der Waals surface area contributed by atoms with E-state index in [0.717, 1.165) is 18.9 Å². The third kappa shape index (κ3) is 6.88. The van der Waals surface area contributed by atoms with E-state index in [4.69, 9.17) is 4.74 Å². The van der Waals surface area contributed by atoms with E-state index in [0.29, 0.717) is 5.92 Å². The van der Waals surface area contributed by atoms with Gasteiger partial charge < -0.3 is 10.1 Å². The fourth-order valence-corrected chi connectivity index (χ4v) is 1.85. The molecule has 1 N–H and O–H groups in total. The highest BCUT2D eigenvalue weighted by atomic mass is 127. The molecule has 0 amide bonds. The third-order valence-corrected chi connectivity index (χ3v) is 2.98. The standard InChI is InChI=1S/C14H22INO/c1-11(9-16-14(2,3)4)10-17-13-7-5-6-12(15)8-13/h5-8,11,16H,9-10H2,1-4H3. The largest absolute Gasteiger partial charge is 0.493 e. The van der Waals surface area contributed by atoms with Gasteiger partial charge in [0.1, 0.15) is 5.75 Å². The molecule has 0 aliphatic rings. The molecule has 1 aromatic rings. The minimum Gasteiger partial charge on any atom is -0.493 e. The smallest absolute Gasteiger partial charge is 0.120 e. The van der Waals surface area contributed by atoms with Crippen molar-refractivity contribution >= 4 is 22.6 Å². The van der Waals surface area contributed by atoms with Gasteiger partial charge in [-0.3, -0.25) is 0 Å². The summed E-state index contributed by atoms with van der Waals surface area (Å²) in [7, 11) is 0. The second-order valence-electron chi connectivity index (χ2n) is 5.50. The van der Waals surface area contributed by atoms with Crippen LogP contribution in [0.3, 0.4) is 0 Å². The molecule has 0 saturated carbocycles. The molecule has 1 aromatic carbocycles. The van der Waals surface area contributed by atoms with Crippen LogP contribution in [-0.4, -0.2) is 18.7 Å². The lowest BCUT2D eigenvalue weighted by Crippen LogP contribution is -2.39. The van der Waals surface area contributed by atoms with Crippen LogP contribution in [-0.2, 0) is 0 Å². The minimum absolute atomic E-state index is 0.177. The van der Waals surface area contributed by atoms with Crippen LogP contribution in [0.1, 0.15) is 27.7 Å². The van der Waals surface area contributed by atoms with Gasteiger partial charge in [0, 0.05) is 21.6 Å². The summed E-state index contributed by atoms with van der Waals surface area (Å²) in [6.07, 6.45) is 0. The van der Waals surface area contributed by atoms with E-state index in [-0.39, 0.29) is 5.54 Å². The maximum atomic E-state index is 5.77. The Morgan fingerprint density at radius 3 is 2.65 bits per heavy atom. The van der Waals surface area contributed by atoms with E-state index in [1.54, 1.807) is 0 Å². The van der Waals surface area contributed by atoms with Crippen molar-refractivity contribution in [3.63, 3.8) is 0 Å². The van der Waals surface area contributed by atoms with Gasteiger partial charge in [-0.15, -0.1) is 0 Å². The van der Waals surface area contributed by atoms with Gasteiger partial charge in [-0.2, -0.15) is 0 Å². The van der Waals surface area contributed by atoms with Gasteiger partial charge in [-0.05, 0) is 61.6 Å². The van der Waals surface area contributed by atoms with Crippen LogP contribution in [0, 0.1) is 9.49 Å². The Kier molecular flexibility index (Phi) is 5.73. The average Bonchev–Trinajstić information content (AvgIpc) is 2.23. The van der Waals surface area contributed by atoms with Crippen molar-refractivity contribution in [2.24, 2.45) is 5.92 Å². The number of hydrogen-bond donors (Lipinski definition) is 1. The Hall–Kier alpha value is -0.290. The minimum atomic E-state index is 0.177. The topological polar surface area (TPSA) is 21.3 Å². The van der Waals surface area contributed by atoms with Gasteiger partial charge in [0.25, 0.3) is 0 Å². The highest BCUT2D eigenvalue weighted by Gasteiger charge is 2.11. The molecule has 0 heterocycles. The molecule has 0 radical (unpaired) electrons. The van der Waals surface area contributed by atoms with Crippen LogP contribution < -0.4 is 10.1 Å². The molecule has 0 bridgehead atoms. The molecule has 3 heteroatoms. The SMILES string of the molecule is CC(CNC(C)(C)C)COc1cccc(I)c1. The van der Waals surface area contributed by atoms with E-state index in [2.05, 4.69) is 67.7 Å². The maximum Gasteiger partial charge on any atom is 0.120 e. The van der Waals surface area contributed by atoms with Crippen molar-refractivity contribution in [2.75, 3.05) is 13.2 Å². The van der Waals surface area contributed by atoms with Crippen LogP contribution in [0.15, 0.2) is 24.3 Å². The van der Waals surface area contributed by atoms with Crippen LogP contribution in [0.4, 0.5) is 0 Å². The molecule has 1 unspecified atom stereocenters. The highest BCUT2D eigenvalue weighted by Crippen LogP contribution is 2.15. The number of nitrogens with one attached hydrogen (secondary N) is 1. The van der Waals surface area contributed by atoms with Gasteiger partial charge in [-0.1, -0.05) is 13.0 Å². The molecule has 0 aliphatic carbocycles. The number of ether oxygens (including phenoxy) is 1. The van der Waals surface area contributed by atoms with Crippen molar-refractivity contribution in [1.82, 2.24) is 5.32 Å². The van der Waals surface area contributed by atoms with Crippen molar-refractivity contribution < 1.29 is 4.74 Å². The molecular weight excluding hydrogens is 325 g/mol. The van der Waals surface area contributed by atoms with Crippen molar-refractivity contribution in [1.29, 1.82) is 0 Å². The predicted molar refractivity (Wildman–Crippen MR) is 81.6 cm³/mol. The maximum absolute atomic E-state index is 5.77. The first-order valence-electron chi connectivity index (χ1n) is 6.00. The van der Waals surface area contributed by atoms with Gasteiger partial charge in [0.05, 0.1) is 6.61 Å². The van der Waals surface area contributed by atoms with Crippen molar-refractivity contribution in [3.8, 4) is 5.75 Å². The van der Waals surface area contributed by atoms with E-state index >= 15 is 0 Å². The lowest BCUT2D eigenvalue weighted by Gasteiger charge is -2.23. The Morgan fingerprint density at radius 1 is 1.35 bits per heavy atom. The zero-order valence-electron chi connectivity index (χ0n) is 11.1. The molecule has 1 atom stereocenters. The molecule has 0 fully saturated rings. The first-order chi connectivity index (χ1) is 7.87. The molecule has 0 aliphatic heterocycles. The molecule has 0 aromatic heterocycles. The normalized spacial score (nSPS) is 13.5. The van der Waals surface area contributed by atoms with E-state index in [1.807, 2.05) is 12.1 Å². The summed E-state index contributed by atoms with van der Waals surface area (Å²) in [6, 6.07) is 8.16. The Labute approximate surface area is 118 Å². The summed E-state index contributed by atoms with van der Waals surface area (Å²) in [5, 5.41) is 3.49. The Balaban J connectivity index is 2.31. The lowest BCUT2D eigenvalue weighted by molar-refractivity contribution is 0.244. The number of hydrogen-bond acceptors (Lipinski definition) is 2. The third-order valence-electron chi connectivity index (χ3n) is 2.31. The van der Waals surface area contributed by atoms with E-state index in [9.17, 15) is 0 Å². The zero-order valence-corrected chi connectivity index (χ0v) is 13.2. The van der Waals surface area contributed by atoms with Gasteiger partial charge >= 0.3 is 0 Å². The average molecular weight is 347 g/mol. The Bertz CT molecular complexity index is 346. The second kappa shape index (κ2) is 6.59. The summed E-state index contributed by atoms with van der Waals surface area (Å²) >= 11 is 2.30. The van der Waals surface area contributed by atoms with Crippen molar-refractivity contribution in [2.45, 2.75) is 33.2 Å². The Morgan fingerprint density at radius 2 is 2.06 bits per heavy atom. The second-order valence-corrected chi connectivity index (χ2v) is 6.75. The summed E-state index contributed by atoms with van der Waals surface area (Å²) in [4.78, 5) is 0. The summed E-state index contributed by atoms with van der Waals surface area (Å²) in [5.41, 5.74) is 0.177. The number of halogens is 1. The van der Waals surface area contributed by atoms with Crippen LogP contribution in [0.25, 0.3) is 0 Å². The predicted octanol–water partition coefficient (Wildman–Crippen LogP) is 3.69. The molecule has 96 valence electrons. The number of rotatable bonds is 5. The molecule has 0 spiro atoms. The number of benzene rings is 1. The molecule has 1 rings (SSSR count). The molecular formula is C14H22INO. The van der Waals surface area contributed by atoms with E-state index < -0.39 is 0 Å². The molecule has 17 heavy (non-hydrogen) atoms. The molecule has 2 nitrogen and oxygen atoms in total. The van der Waals surface area contributed by atoms with Gasteiger partial charge in [0.2, 0.25) is 0 Å². The van der Waals surface area contributed by atoms with Gasteiger partial charge in [-0.25, -0.2) is 0 Å². The van der Waals surface area contributed by atoms with Crippen LogP contribution >= 0.6 is 22.6 Å². The fourth-order valence-electron chi connectivity index (χ4n) is 1.33. The summed E-state index contributed by atoms with van der Waals surface area (Å²) < 4.78 is 6.98. The lowest BCUT2D eigenvalue weighted by atomic mass is 10.1. The van der Waals surface area contributed by atoms with Crippen LogP contribution in [0.2, 0.25) is 0 Å². The molecule has 0 saturated heterocycles. The fraction of sp³-hybridized carbons (Fsp3) is 0.571. The summed E-state index contributed by atoms with van der Waals surface area (Å²) in [5.74, 6) is 1.46. The first kappa shape index (κ1) is 14.8. The zero-order chi connectivity index (χ0) is 12.9. The highest BCUT2D eigenvalue weighted by molar-refractivity contribution is 14.1. The first-order valence-corrected chi connectivity index (χ1v) is 7.08. The monoisotopic (exact) mass is 347 g/mol. The quantitative estimate of drug-likeness (QED) is 0.821. The van der Waals surface area contributed by atoms with Gasteiger partial charge in [0.15, 0.2) is 0 Å². The van der Waals surface area contributed by atoms with Crippen LogP contribution in [0.5, 0.6) is 5.75 Å². The summed E-state index contributed by atoms with van der Waals surface area (Å²) in [6.45, 7) is 10.5. The van der Waals surface area contributed by atoms with E-state index in [1.165, 1.54) is 3.57 Å². The van der Waals surface area contributed by atoms with Crippen molar-refractivity contribution in [3.05, 3.63) is 27.8 Å².